The molecule has 5 nitrogen and oxygen atoms in total. The molecule has 72 valence electrons. The van der Waals surface area contributed by atoms with E-state index in [2.05, 4.69) is 10.3 Å². The van der Waals surface area contributed by atoms with Gasteiger partial charge >= 0.3 is 5.97 Å². The number of hydrogen-bond donors (Lipinski definition) is 1. The van der Waals surface area contributed by atoms with E-state index in [0.29, 0.717) is 5.69 Å². The second-order valence-electron chi connectivity index (χ2n) is 2.67. The SMILES string of the molecule is O=C(O)Cn1cc(-c2cccs2)nn1. The average molecular weight is 209 g/mol. The van der Waals surface area contributed by atoms with Crippen molar-refractivity contribution in [1.82, 2.24) is 15.0 Å². The highest BCUT2D eigenvalue weighted by molar-refractivity contribution is 7.13. The van der Waals surface area contributed by atoms with Crippen molar-refractivity contribution in [1.29, 1.82) is 0 Å². The zero-order chi connectivity index (χ0) is 9.97. The molecule has 0 atom stereocenters. The molecule has 0 spiro atoms. The van der Waals surface area contributed by atoms with Crippen molar-refractivity contribution in [2.45, 2.75) is 6.54 Å². The third-order valence-electron chi connectivity index (χ3n) is 1.61. The van der Waals surface area contributed by atoms with E-state index < -0.39 is 5.97 Å². The van der Waals surface area contributed by atoms with E-state index in [1.165, 1.54) is 4.68 Å². The highest BCUT2D eigenvalue weighted by Gasteiger charge is 2.06. The third kappa shape index (κ3) is 1.80. The topological polar surface area (TPSA) is 68.0 Å². The van der Waals surface area contributed by atoms with Crippen LogP contribution in [-0.4, -0.2) is 26.1 Å². The predicted octanol–water partition coefficient (Wildman–Crippen LogP) is 1.09. The number of thiophene rings is 1. The van der Waals surface area contributed by atoms with Gasteiger partial charge in [-0.15, -0.1) is 16.4 Å². The Hall–Kier alpha value is -1.69. The summed E-state index contributed by atoms with van der Waals surface area (Å²) in [5.74, 6) is -0.923. The highest BCUT2D eigenvalue weighted by Crippen LogP contribution is 2.21. The van der Waals surface area contributed by atoms with Gasteiger partial charge in [0.25, 0.3) is 0 Å². The van der Waals surface area contributed by atoms with Crippen molar-refractivity contribution in [3.8, 4) is 10.6 Å². The normalized spacial score (nSPS) is 10.3. The summed E-state index contributed by atoms with van der Waals surface area (Å²) >= 11 is 1.54. The van der Waals surface area contributed by atoms with Gasteiger partial charge in [0.05, 0.1) is 11.1 Å². The first-order valence-electron chi connectivity index (χ1n) is 3.91. The molecule has 6 heteroatoms. The van der Waals surface area contributed by atoms with Crippen LogP contribution < -0.4 is 0 Å². The van der Waals surface area contributed by atoms with Crippen LogP contribution in [0.15, 0.2) is 23.7 Å². The number of hydrogen-bond acceptors (Lipinski definition) is 4. The van der Waals surface area contributed by atoms with Crippen LogP contribution >= 0.6 is 11.3 Å². The molecular formula is C8H7N3O2S. The predicted molar refractivity (Wildman–Crippen MR) is 51.0 cm³/mol. The quantitative estimate of drug-likeness (QED) is 0.821. The van der Waals surface area contributed by atoms with Crippen LogP contribution in [0.3, 0.4) is 0 Å². The van der Waals surface area contributed by atoms with Gasteiger partial charge in [-0.1, -0.05) is 11.3 Å². The lowest BCUT2D eigenvalue weighted by Gasteiger charge is -1.90. The second kappa shape index (κ2) is 3.59. The lowest BCUT2D eigenvalue weighted by molar-refractivity contribution is -0.137. The molecule has 2 aromatic heterocycles. The standard InChI is InChI=1S/C8H7N3O2S/c12-8(13)5-11-4-6(9-10-11)7-2-1-3-14-7/h1-4H,5H2,(H,12,13). The Balaban J connectivity index is 2.22. The van der Waals surface area contributed by atoms with E-state index in [0.717, 1.165) is 4.88 Å². The molecule has 0 aromatic carbocycles. The van der Waals surface area contributed by atoms with Crippen molar-refractivity contribution in [2.24, 2.45) is 0 Å². The third-order valence-corrected chi connectivity index (χ3v) is 2.50. The molecule has 2 rings (SSSR count). The number of carboxylic acids is 1. The Bertz CT molecular complexity index is 435. The molecule has 0 aliphatic carbocycles. The molecule has 0 unspecified atom stereocenters. The zero-order valence-electron chi connectivity index (χ0n) is 7.12. The van der Waals surface area contributed by atoms with Crippen molar-refractivity contribution in [3.63, 3.8) is 0 Å². The molecule has 0 fully saturated rings. The second-order valence-corrected chi connectivity index (χ2v) is 3.62. The lowest BCUT2D eigenvalue weighted by Crippen LogP contribution is -2.08. The fourth-order valence-corrected chi connectivity index (χ4v) is 1.73. The summed E-state index contributed by atoms with van der Waals surface area (Å²) in [5, 5.41) is 18.0. The van der Waals surface area contributed by atoms with Crippen LogP contribution in [0.25, 0.3) is 10.6 Å². The summed E-state index contributed by atoms with van der Waals surface area (Å²) < 4.78 is 1.30. The summed E-state index contributed by atoms with van der Waals surface area (Å²) in [5.41, 5.74) is 0.709. The Labute approximate surface area is 83.6 Å². The van der Waals surface area contributed by atoms with E-state index >= 15 is 0 Å². The molecule has 2 aromatic rings. The lowest BCUT2D eigenvalue weighted by atomic mass is 10.4. The van der Waals surface area contributed by atoms with Crippen molar-refractivity contribution < 1.29 is 9.90 Å². The first kappa shape index (κ1) is 8.89. The smallest absolute Gasteiger partial charge is 0.325 e. The Morgan fingerprint density at radius 2 is 2.50 bits per heavy atom. The molecule has 0 radical (unpaired) electrons. The first-order valence-corrected chi connectivity index (χ1v) is 4.79. The monoisotopic (exact) mass is 209 g/mol. The summed E-state index contributed by atoms with van der Waals surface area (Å²) in [6.07, 6.45) is 1.62. The number of carboxylic acid groups (broad SMARTS) is 1. The fraction of sp³-hybridized carbons (Fsp3) is 0.125. The van der Waals surface area contributed by atoms with Gasteiger partial charge in [0.2, 0.25) is 0 Å². The number of carbonyl (C=O) groups is 1. The number of rotatable bonds is 3. The minimum Gasteiger partial charge on any atom is -0.480 e. The molecular weight excluding hydrogens is 202 g/mol. The minimum atomic E-state index is -0.923. The molecule has 14 heavy (non-hydrogen) atoms. The van der Waals surface area contributed by atoms with Crippen LogP contribution in [0.4, 0.5) is 0 Å². The first-order chi connectivity index (χ1) is 6.75. The number of aromatic nitrogens is 3. The van der Waals surface area contributed by atoms with Gasteiger partial charge in [0.15, 0.2) is 0 Å². The van der Waals surface area contributed by atoms with Gasteiger partial charge in [0, 0.05) is 0 Å². The summed E-state index contributed by atoms with van der Waals surface area (Å²) in [6, 6.07) is 3.83. The van der Waals surface area contributed by atoms with Crippen LogP contribution in [0.1, 0.15) is 0 Å². The fourth-order valence-electron chi connectivity index (χ4n) is 1.05. The molecule has 0 amide bonds. The Morgan fingerprint density at radius 3 is 3.14 bits per heavy atom. The van der Waals surface area contributed by atoms with E-state index in [4.69, 9.17) is 5.11 Å². The van der Waals surface area contributed by atoms with Crippen LogP contribution in [0.2, 0.25) is 0 Å². The largest absolute Gasteiger partial charge is 0.480 e. The van der Waals surface area contributed by atoms with Crippen molar-refractivity contribution in [2.75, 3.05) is 0 Å². The summed E-state index contributed by atoms with van der Waals surface area (Å²) in [4.78, 5) is 11.4. The molecule has 0 aliphatic heterocycles. The minimum absolute atomic E-state index is 0.154. The number of nitrogens with zero attached hydrogens (tertiary/aromatic N) is 3. The van der Waals surface area contributed by atoms with Gasteiger partial charge in [-0.05, 0) is 11.4 Å². The molecule has 1 N–H and O–H groups in total. The van der Waals surface area contributed by atoms with E-state index in [1.807, 2.05) is 17.5 Å². The average Bonchev–Trinajstić information content (AvgIpc) is 2.69. The zero-order valence-corrected chi connectivity index (χ0v) is 7.94. The molecule has 0 saturated heterocycles. The van der Waals surface area contributed by atoms with Crippen LogP contribution in [0, 0.1) is 0 Å². The Kier molecular flexibility index (Phi) is 2.28. The van der Waals surface area contributed by atoms with Gasteiger partial charge in [0.1, 0.15) is 12.2 Å². The van der Waals surface area contributed by atoms with Gasteiger partial charge in [-0.2, -0.15) is 0 Å². The molecule has 0 aliphatic rings. The Morgan fingerprint density at radius 1 is 1.64 bits per heavy atom. The maximum absolute atomic E-state index is 10.4. The molecule has 2 heterocycles. The maximum atomic E-state index is 10.4. The maximum Gasteiger partial charge on any atom is 0.325 e. The van der Waals surface area contributed by atoms with Crippen molar-refractivity contribution in [3.05, 3.63) is 23.7 Å². The van der Waals surface area contributed by atoms with Gasteiger partial charge in [-0.3, -0.25) is 4.79 Å². The highest BCUT2D eigenvalue weighted by atomic mass is 32.1. The summed E-state index contributed by atoms with van der Waals surface area (Å²) in [7, 11) is 0. The summed E-state index contributed by atoms with van der Waals surface area (Å²) in [6.45, 7) is -0.154. The van der Waals surface area contributed by atoms with E-state index in [9.17, 15) is 4.79 Å². The molecule has 0 bridgehead atoms. The van der Waals surface area contributed by atoms with Gasteiger partial charge < -0.3 is 5.11 Å². The van der Waals surface area contributed by atoms with Crippen LogP contribution in [-0.2, 0) is 11.3 Å². The molecule has 0 saturated carbocycles. The number of aliphatic carboxylic acids is 1. The van der Waals surface area contributed by atoms with E-state index in [-0.39, 0.29) is 6.54 Å². The van der Waals surface area contributed by atoms with Crippen LogP contribution in [0.5, 0.6) is 0 Å². The van der Waals surface area contributed by atoms with Crippen molar-refractivity contribution >= 4 is 17.3 Å². The van der Waals surface area contributed by atoms with E-state index in [1.54, 1.807) is 17.5 Å². The van der Waals surface area contributed by atoms with Gasteiger partial charge in [-0.25, -0.2) is 4.68 Å².